The van der Waals surface area contributed by atoms with Crippen LogP contribution < -0.4 is 10.1 Å². The molecule has 8 heteroatoms. The molecule has 186 valence electrons. The third-order valence-corrected chi connectivity index (χ3v) is 5.60. The summed E-state index contributed by atoms with van der Waals surface area (Å²) in [4.78, 5) is 31.1. The van der Waals surface area contributed by atoms with Gasteiger partial charge < -0.3 is 19.7 Å². The van der Waals surface area contributed by atoms with Gasteiger partial charge in [0, 0.05) is 13.2 Å². The van der Waals surface area contributed by atoms with Crippen molar-refractivity contribution in [2.45, 2.75) is 65.6 Å². The highest BCUT2D eigenvalue weighted by Gasteiger charge is 2.32. The summed E-state index contributed by atoms with van der Waals surface area (Å²) in [6.45, 7) is 12.1. The molecule has 35 heavy (non-hydrogen) atoms. The average molecular weight is 479 g/mol. The summed E-state index contributed by atoms with van der Waals surface area (Å²) < 4.78 is 11.5. The Kier molecular flexibility index (Phi) is 7.39. The van der Waals surface area contributed by atoms with E-state index in [1.807, 2.05) is 33.8 Å². The molecular formula is C27H34N4O4. The largest absolute Gasteiger partial charge is 0.490 e. The molecule has 0 unspecified atom stereocenters. The number of nitrogens with one attached hydrogen (secondary N) is 1. The first kappa shape index (κ1) is 26.0. The molecule has 1 aromatic heterocycles. The number of benzene rings is 1. The number of carbonyl (C=O) groups excluding carboxylic acids is 2. The van der Waals surface area contributed by atoms with Crippen molar-refractivity contribution in [3.63, 3.8) is 0 Å². The van der Waals surface area contributed by atoms with Gasteiger partial charge in [-0.1, -0.05) is 19.9 Å². The number of carbonyl (C=O) groups is 2. The van der Waals surface area contributed by atoms with Crippen LogP contribution in [0.2, 0.25) is 0 Å². The first-order valence-corrected chi connectivity index (χ1v) is 11.7. The van der Waals surface area contributed by atoms with Crippen molar-refractivity contribution in [3.8, 4) is 22.9 Å². The summed E-state index contributed by atoms with van der Waals surface area (Å²) in [6, 6.07) is 9.26. The van der Waals surface area contributed by atoms with E-state index in [-0.39, 0.29) is 12.5 Å². The second-order valence-corrected chi connectivity index (χ2v) is 10.7. The predicted molar refractivity (Wildman–Crippen MR) is 133 cm³/mol. The highest BCUT2D eigenvalue weighted by atomic mass is 16.6. The molecule has 0 aliphatic carbocycles. The fraction of sp³-hybridized carbons (Fsp3) is 0.481. The Balaban J connectivity index is 1.84. The summed E-state index contributed by atoms with van der Waals surface area (Å²) >= 11 is 0. The van der Waals surface area contributed by atoms with E-state index >= 15 is 0 Å². The molecule has 1 aromatic carbocycles. The number of nitrogens with zero attached hydrogens (tertiary/aromatic N) is 3. The Morgan fingerprint density at radius 2 is 1.97 bits per heavy atom. The summed E-state index contributed by atoms with van der Waals surface area (Å²) in [5, 5.41) is 12.8. The van der Waals surface area contributed by atoms with Crippen LogP contribution >= 0.6 is 0 Å². The second kappa shape index (κ2) is 9.95. The topological polar surface area (TPSA) is 105 Å². The van der Waals surface area contributed by atoms with Crippen molar-refractivity contribution in [2.24, 2.45) is 5.92 Å². The standard InChI is InChI=1S/C27H34N4O4/c1-17(2)13-27(6,30-25(33)35-26(3,4)5)16-34-22-9-8-18(12-19(22)14-28)20-10-11-29-21-15-31(7)24(32)23(20)21/h8-12,17H,13,15-16H2,1-7H3,(H,30,33)/t27-/m0/s1. The van der Waals surface area contributed by atoms with Gasteiger partial charge in [-0.3, -0.25) is 9.78 Å². The van der Waals surface area contributed by atoms with E-state index < -0.39 is 17.2 Å². The fourth-order valence-electron chi connectivity index (χ4n) is 4.34. The molecule has 0 fully saturated rings. The Morgan fingerprint density at radius 1 is 1.26 bits per heavy atom. The van der Waals surface area contributed by atoms with Gasteiger partial charge >= 0.3 is 6.09 Å². The zero-order valence-corrected chi connectivity index (χ0v) is 21.6. The predicted octanol–water partition coefficient (Wildman–Crippen LogP) is 4.91. The summed E-state index contributed by atoms with van der Waals surface area (Å²) in [6.07, 6.45) is 1.82. The lowest BCUT2D eigenvalue weighted by molar-refractivity contribution is 0.0407. The molecule has 1 atom stereocenters. The fourth-order valence-corrected chi connectivity index (χ4v) is 4.34. The van der Waals surface area contributed by atoms with Crippen molar-refractivity contribution < 1.29 is 19.1 Å². The molecule has 1 N–H and O–H groups in total. The molecular weight excluding hydrogens is 444 g/mol. The minimum absolute atomic E-state index is 0.0837. The number of fused-ring (bicyclic) bond motifs is 1. The second-order valence-electron chi connectivity index (χ2n) is 10.7. The molecule has 1 aliphatic heterocycles. The van der Waals surface area contributed by atoms with E-state index in [0.29, 0.717) is 35.8 Å². The molecule has 1 aliphatic rings. The highest BCUT2D eigenvalue weighted by molar-refractivity contribution is 6.03. The monoisotopic (exact) mass is 478 g/mol. The third-order valence-electron chi connectivity index (χ3n) is 5.60. The van der Waals surface area contributed by atoms with Gasteiger partial charge in [0.15, 0.2) is 0 Å². The number of ether oxygens (including phenoxy) is 2. The molecule has 0 saturated heterocycles. The van der Waals surface area contributed by atoms with Crippen LogP contribution in [0.1, 0.15) is 69.6 Å². The zero-order valence-electron chi connectivity index (χ0n) is 21.6. The van der Waals surface area contributed by atoms with Crippen LogP contribution in [-0.4, -0.2) is 46.7 Å². The van der Waals surface area contributed by atoms with Gasteiger partial charge in [0.1, 0.15) is 24.0 Å². The van der Waals surface area contributed by atoms with Crippen LogP contribution in [0.3, 0.4) is 0 Å². The zero-order chi connectivity index (χ0) is 26.0. The molecule has 0 saturated carbocycles. The molecule has 0 bridgehead atoms. The van der Waals surface area contributed by atoms with Crippen LogP contribution in [0, 0.1) is 17.2 Å². The number of hydrogen-bond acceptors (Lipinski definition) is 6. The maximum atomic E-state index is 12.6. The van der Waals surface area contributed by atoms with E-state index in [1.165, 1.54) is 0 Å². The first-order valence-electron chi connectivity index (χ1n) is 11.7. The lowest BCUT2D eigenvalue weighted by Crippen LogP contribution is -2.52. The minimum Gasteiger partial charge on any atom is -0.490 e. The Hall–Kier alpha value is -3.60. The van der Waals surface area contributed by atoms with Crippen molar-refractivity contribution in [3.05, 3.63) is 47.3 Å². The number of hydrogen-bond donors (Lipinski definition) is 1. The van der Waals surface area contributed by atoms with Gasteiger partial charge in [-0.05, 0) is 69.4 Å². The maximum absolute atomic E-state index is 12.6. The van der Waals surface area contributed by atoms with Crippen molar-refractivity contribution in [1.82, 2.24) is 15.2 Å². The minimum atomic E-state index is -0.704. The van der Waals surface area contributed by atoms with Crippen molar-refractivity contribution >= 4 is 12.0 Å². The van der Waals surface area contributed by atoms with Gasteiger partial charge in [-0.25, -0.2) is 4.79 Å². The number of rotatable bonds is 7. The molecule has 2 heterocycles. The Morgan fingerprint density at radius 3 is 2.60 bits per heavy atom. The number of alkyl carbamates (subject to hydrolysis) is 1. The summed E-state index contributed by atoms with van der Waals surface area (Å²) in [7, 11) is 1.74. The lowest BCUT2D eigenvalue weighted by atomic mass is 9.91. The van der Waals surface area contributed by atoms with Crippen LogP contribution in [0.4, 0.5) is 4.79 Å². The van der Waals surface area contributed by atoms with Gasteiger partial charge in [0.2, 0.25) is 0 Å². The molecule has 8 nitrogen and oxygen atoms in total. The van der Waals surface area contributed by atoms with Crippen molar-refractivity contribution in [1.29, 1.82) is 5.26 Å². The summed E-state index contributed by atoms with van der Waals surface area (Å²) in [5.41, 5.74) is 1.81. The maximum Gasteiger partial charge on any atom is 0.408 e. The van der Waals surface area contributed by atoms with Gasteiger partial charge in [-0.2, -0.15) is 5.26 Å². The smallest absolute Gasteiger partial charge is 0.408 e. The van der Waals surface area contributed by atoms with Crippen LogP contribution in [0.5, 0.6) is 5.75 Å². The molecule has 3 rings (SSSR count). The van der Waals surface area contributed by atoms with E-state index in [2.05, 4.69) is 30.2 Å². The molecule has 0 radical (unpaired) electrons. The highest BCUT2D eigenvalue weighted by Crippen LogP contribution is 2.33. The van der Waals surface area contributed by atoms with Crippen LogP contribution in [-0.2, 0) is 11.3 Å². The van der Waals surface area contributed by atoms with E-state index in [1.54, 1.807) is 36.3 Å². The Bertz CT molecular complexity index is 1160. The normalized spacial score (nSPS) is 14.8. The van der Waals surface area contributed by atoms with E-state index in [0.717, 1.165) is 16.8 Å². The van der Waals surface area contributed by atoms with Gasteiger partial charge in [0.25, 0.3) is 5.91 Å². The first-order chi connectivity index (χ1) is 16.3. The number of nitriles is 1. The number of aromatic nitrogens is 1. The van der Waals surface area contributed by atoms with E-state index in [9.17, 15) is 14.9 Å². The molecule has 2 aromatic rings. The van der Waals surface area contributed by atoms with E-state index in [4.69, 9.17) is 9.47 Å². The quantitative estimate of drug-likeness (QED) is 0.606. The SMILES string of the molecule is CC(C)C[C@@](C)(COc1ccc(-c2ccnc3c2C(=O)N(C)C3)cc1C#N)NC(=O)OC(C)(C)C. The lowest BCUT2D eigenvalue weighted by Gasteiger charge is -2.33. The summed E-state index contributed by atoms with van der Waals surface area (Å²) in [5.74, 6) is 0.617. The number of amides is 2. The Labute approximate surface area is 207 Å². The molecule has 2 amide bonds. The van der Waals surface area contributed by atoms with Gasteiger partial charge in [0.05, 0.1) is 28.9 Å². The van der Waals surface area contributed by atoms with Crippen LogP contribution in [0.15, 0.2) is 30.5 Å². The molecule has 0 spiro atoms. The van der Waals surface area contributed by atoms with Gasteiger partial charge in [-0.15, -0.1) is 0 Å². The average Bonchev–Trinajstić information content (AvgIpc) is 3.03. The third kappa shape index (κ3) is 6.30. The number of pyridine rings is 1. The van der Waals surface area contributed by atoms with Crippen molar-refractivity contribution in [2.75, 3.05) is 13.7 Å². The van der Waals surface area contributed by atoms with Crippen LogP contribution in [0.25, 0.3) is 11.1 Å².